The van der Waals surface area contributed by atoms with E-state index < -0.39 is 32.2 Å². The van der Waals surface area contributed by atoms with E-state index >= 15 is 0 Å². The molecular formula is C21H23NO9S2. The first kappa shape index (κ1) is 23.5. The van der Waals surface area contributed by atoms with Gasteiger partial charge in [-0.1, -0.05) is 0 Å². The summed E-state index contributed by atoms with van der Waals surface area (Å²) in [6.45, 7) is 0.506. The van der Waals surface area contributed by atoms with Gasteiger partial charge in [0.25, 0.3) is 0 Å². The van der Waals surface area contributed by atoms with Crippen LogP contribution in [0.2, 0.25) is 0 Å². The number of hydrogen-bond acceptors (Lipinski definition) is 8. The fourth-order valence-electron chi connectivity index (χ4n) is 4.10. The number of sulfonamides is 1. The van der Waals surface area contributed by atoms with Crippen LogP contribution in [0.25, 0.3) is 0 Å². The van der Waals surface area contributed by atoms with Crippen molar-refractivity contribution in [3.63, 3.8) is 0 Å². The Morgan fingerprint density at radius 1 is 0.970 bits per heavy atom. The third kappa shape index (κ3) is 4.98. The Labute approximate surface area is 191 Å². The first-order chi connectivity index (χ1) is 15.6. The van der Waals surface area contributed by atoms with E-state index in [9.17, 15) is 21.6 Å². The quantitative estimate of drug-likeness (QED) is 0.597. The van der Waals surface area contributed by atoms with E-state index in [-0.39, 0.29) is 28.4 Å². The second-order valence-electron chi connectivity index (χ2n) is 7.86. The predicted octanol–water partition coefficient (Wildman–Crippen LogP) is 2.70. The van der Waals surface area contributed by atoms with Crippen LogP contribution in [0, 0.1) is 5.92 Å². The summed E-state index contributed by atoms with van der Waals surface area (Å²) in [6.07, 6.45) is -0.855. The molecule has 12 heteroatoms. The third-order valence-corrected chi connectivity index (χ3v) is 8.69. The zero-order valence-corrected chi connectivity index (χ0v) is 19.3. The minimum absolute atomic E-state index is 0.0290. The van der Waals surface area contributed by atoms with E-state index in [1.165, 1.54) is 48.5 Å². The topological polar surface area (TPSA) is 137 Å². The Morgan fingerprint density at radius 3 is 2.09 bits per heavy atom. The standard InChI is InChI=1S/C21H23NO9S2/c1-32(25,26)16-6-2-14(3-7-16)30-15-4-8-17(9-5-15)33(27,28)22-12-10-19-18(11-13-29-19)20(22)31-21(23)24/h2-9,18-20H,10-13H2,1H3,(H,23,24). The molecule has 4 rings (SSSR count). The molecule has 0 saturated carbocycles. The molecule has 0 radical (unpaired) electrons. The van der Waals surface area contributed by atoms with Crippen LogP contribution in [0.15, 0.2) is 58.3 Å². The zero-order valence-electron chi connectivity index (χ0n) is 17.7. The number of nitrogens with zero attached hydrogens (tertiary/aromatic N) is 1. The molecule has 2 heterocycles. The predicted molar refractivity (Wildman–Crippen MR) is 115 cm³/mol. The smallest absolute Gasteiger partial charge is 0.457 e. The van der Waals surface area contributed by atoms with Gasteiger partial charge in [-0.15, -0.1) is 0 Å². The minimum Gasteiger partial charge on any atom is -0.457 e. The molecule has 2 aliphatic rings. The number of fused-ring (bicyclic) bond motifs is 1. The van der Waals surface area contributed by atoms with Gasteiger partial charge in [-0.25, -0.2) is 21.6 Å². The van der Waals surface area contributed by atoms with E-state index in [1.54, 1.807) is 0 Å². The summed E-state index contributed by atoms with van der Waals surface area (Å²) in [5.41, 5.74) is 0. The van der Waals surface area contributed by atoms with Gasteiger partial charge in [0, 0.05) is 25.3 Å². The van der Waals surface area contributed by atoms with Crippen LogP contribution < -0.4 is 4.74 Å². The first-order valence-electron chi connectivity index (χ1n) is 10.2. The SMILES string of the molecule is CS(=O)(=O)c1ccc(Oc2ccc(S(=O)(=O)N3CCC4OCCC4C3OC(=O)O)cc2)cc1. The normalized spacial score (nSPS) is 23.6. The molecule has 10 nitrogen and oxygen atoms in total. The Hall–Kier alpha value is -2.67. The van der Waals surface area contributed by atoms with E-state index in [0.717, 1.165) is 10.6 Å². The molecule has 0 amide bonds. The second kappa shape index (κ2) is 8.93. The summed E-state index contributed by atoms with van der Waals surface area (Å²) in [7, 11) is -7.36. The number of sulfone groups is 1. The molecule has 3 unspecified atom stereocenters. The number of hydrogen-bond donors (Lipinski definition) is 1. The fourth-order valence-corrected chi connectivity index (χ4v) is 6.30. The van der Waals surface area contributed by atoms with Crippen molar-refractivity contribution in [3.05, 3.63) is 48.5 Å². The Morgan fingerprint density at radius 2 is 1.55 bits per heavy atom. The van der Waals surface area contributed by atoms with E-state index in [0.29, 0.717) is 30.9 Å². The van der Waals surface area contributed by atoms with Gasteiger partial charge >= 0.3 is 6.16 Å². The highest BCUT2D eigenvalue weighted by atomic mass is 32.2. The van der Waals surface area contributed by atoms with Crippen molar-refractivity contribution in [2.75, 3.05) is 19.4 Å². The van der Waals surface area contributed by atoms with Crippen LogP contribution in [0.3, 0.4) is 0 Å². The van der Waals surface area contributed by atoms with Crippen LogP contribution in [0.4, 0.5) is 4.79 Å². The van der Waals surface area contributed by atoms with Gasteiger partial charge in [-0.2, -0.15) is 4.31 Å². The number of carboxylic acid groups (broad SMARTS) is 1. The molecule has 2 aromatic rings. The molecular weight excluding hydrogens is 474 g/mol. The van der Waals surface area contributed by atoms with Crippen LogP contribution >= 0.6 is 0 Å². The number of rotatable bonds is 6. The van der Waals surface area contributed by atoms with E-state index in [2.05, 4.69) is 0 Å². The summed E-state index contributed by atoms with van der Waals surface area (Å²) in [5, 5.41) is 9.14. The van der Waals surface area contributed by atoms with Crippen molar-refractivity contribution in [2.24, 2.45) is 5.92 Å². The molecule has 0 aromatic heterocycles. The van der Waals surface area contributed by atoms with Crippen molar-refractivity contribution >= 4 is 26.0 Å². The first-order valence-corrected chi connectivity index (χ1v) is 13.5. The molecule has 2 aromatic carbocycles. The number of carbonyl (C=O) groups is 1. The lowest BCUT2D eigenvalue weighted by Gasteiger charge is -2.39. The van der Waals surface area contributed by atoms with Crippen molar-refractivity contribution in [1.29, 1.82) is 0 Å². The van der Waals surface area contributed by atoms with Gasteiger partial charge in [0.05, 0.1) is 15.9 Å². The number of ether oxygens (including phenoxy) is 3. The number of piperidine rings is 1. The lowest BCUT2D eigenvalue weighted by atomic mass is 9.93. The molecule has 178 valence electrons. The van der Waals surface area contributed by atoms with Gasteiger partial charge in [0.15, 0.2) is 16.1 Å². The summed E-state index contributed by atoms with van der Waals surface area (Å²) in [5.74, 6) is 0.376. The lowest BCUT2D eigenvalue weighted by molar-refractivity contribution is -0.0791. The highest BCUT2D eigenvalue weighted by molar-refractivity contribution is 7.90. The van der Waals surface area contributed by atoms with E-state index in [1.807, 2.05) is 0 Å². The monoisotopic (exact) mass is 497 g/mol. The molecule has 2 fully saturated rings. The van der Waals surface area contributed by atoms with Crippen LogP contribution in [0.5, 0.6) is 11.5 Å². The molecule has 33 heavy (non-hydrogen) atoms. The zero-order chi connectivity index (χ0) is 23.8. The molecule has 0 aliphatic carbocycles. The molecule has 2 aliphatic heterocycles. The van der Waals surface area contributed by atoms with Crippen molar-refractivity contribution in [2.45, 2.75) is 35.0 Å². The third-order valence-electron chi connectivity index (χ3n) is 5.68. The lowest BCUT2D eigenvalue weighted by Crippen LogP contribution is -2.53. The van der Waals surface area contributed by atoms with Crippen molar-refractivity contribution in [3.8, 4) is 11.5 Å². The average Bonchev–Trinajstić information content (AvgIpc) is 3.23. The maximum atomic E-state index is 13.3. The second-order valence-corrected chi connectivity index (χ2v) is 11.8. The summed E-state index contributed by atoms with van der Waals surface area (Å²) in [4.78, 5) is 11.4. The fraction of sp³-hybridized carbons (Fsp3) is 0.381. The maximum absolute atomic E-state index is 13.3. The maximum Gasteiger partial charge on any atom is 0.507 e. The van der Waals surface area contributed by atoms with Crippen LogP contribution in [-0.4, -0.2) is 64.1 Å². The highest BCUT2D eigenvalue weighted by Gasteiger charge is 2.48. The summed E-state index contributed by atoms with van der Waals surface area (Å²) >= 11 is 0. The van der Waals surface area contributed by atoms with E-state index in [4.69, 9.17) is 19.3 Å². The molecule has 0 bridgehead atoms. The number of benzene rings is 2. The average molecular weight is 498 g/mol. The Kier molecular flexibility index (Phi) is 6.36. The highest BCUT2D eigenvalue weighted by Crippen LogP contribution is 2.37. The Balaban J connectivity index is 1.53. The molecule has 2 saturated heterocycles. The van der Waals surface area contributed by atoms with Crippen LogP contribution in [0.1, 0.15) is 12.8 Å². The Bertz CT molecular complexity index is 1230. The summed E-state index contributed by atoms with van der Waals surface area (Å²) < 4.78 is 67.0. The summed E-state index contributed by atoms with van der Waals surface area (Å²) in [6, 6.07) is 11.5. The van der Waals surface area contributed by atoms with Gasteiger partial charge in [-0.05, 0) is 61.4 Å². The van der Waals surface area contributed by atoms with Gasteiger partial charge in [0.1, 0.15) is 11.5 Å². The van der Waals surface area contributed by atoms with Crippen molar-refractivity contribution in [1.82, 2.24) is 4.31 Å². The van der Waals surface area contributed by atoms with Crippen molar-refractivity contribution < 1.29 is 40.9 Å². The van der Waals surface area contributed by atoms with Gasteiger partial charge in [0.2, 0.25) is 10.0 Å². The molecule has 3 atom stereocenters. The van der Waals surface area contributed by atoms with Gasteiger partial charge in [-0.3, -0.25) is 0 Å². The minimum atomic E-state index is -4.04. The molecule has 0 spiro atoms. The van der Waals surface area contributed by atoms with Crippen LogP contribution in [-0.2, 0) is 29.3 Å². The largest absolute Gasteiger partial charge is 0.507 e. The molecule has 1 N–H and O–H groups in total. The van der Waals surface area contributed by atoms with Gasteiger partial charge < -0.3 is 19.3 Å².